The number of carboxylic acid groups (broad SMARTS) is 1. The monoisotopic (exact) mass is 528 g/mol. The van der Waals surface area contributed by atoms with Crippen LogP contribution in [-0.4, -0.2) is 54.4 Å². The molecule has 2 aromatic rings. The topological polar surface area (TPSA) is 71.9 Å². The van der Waals surface area contributed by atoms with Crippen molar-refractivity contribution in [2.45, 2.75) is 84.1 Å². The van der Waals surface area contributed by atoms with Crippen molar-refractivity contribution in [1.29, 1.82) is 0 Å². The van der Waals surface area contributed by atoms with Crippen LogP contribution in [0.3, 0.4) is 0 Å². The molecule has 38 heavy (non-hydrogen) atoms. The lowest BCUT2D eigenvalue weighted by atomic mass is 9.95. The number of ether oxygens (including phenoxy) is 2. The molecule has 0 fully saturated rings. The molecule has 1 heterocycles. The number of hydrogen-bond donors (Lipinski definition) is 1. The fraction of sp³-hybridized carbons (Fsp3) is 0.613. The number of fused-ring (bicyclic) bond motifs is 1. The molecule has 1 aromatic heterocycles. The first kappa shape index (κ1) is 30.0. The van der Waals surface area contributed by atoms with Crippen molar-refractivity contribution in [3.05, 3.63) is 58.7 Å². The number of halogens is 1. The summed E-state index contributed by atoms with van der Waals surface area (Å²) < 4.78 is 25.5. The second-order valence-corrected chi connectivity index (χ2v) is 10.8. The van der Waals surface area contributed by atoms with Crippen LogP contribution in [0.5, 0.6) is 5.75 Å². The zero-order valence-electron chi connectivity index (χ0n) is 23.4. The number of rotatable bonds is 17. The molecule has 0 bridgehead atoms. The molecule has 0 amide bonds. The van der Waals surface area contributed by atoms with Crippen LogP contribution in [-0.2, 0) is 28.8 Å². The predicted molar refractivity (Wildman–Crippen MR) is 148 cm³/mol. The van der Waals surface area contributed by atoms with Gasteiger partial charge in [-0.1, -0.05) is 32.4 Å². The van der Waals surface area contributed by atoms with Gasteiger partial charge in [0.05, 0.1) is 20.1 Å². The standard InChI is InChI=1S/C31H45FN2O4/c1-23(2)16-19-38-20-18-34(29(22-31(35)36)25-13-15-30(37-3)27(32)21-25)17-8-4-5-10-26-14-12-24-9-6-7-11-28(24)33-26/h12-15,21,23,29H,4-11,16-20,22H2,1-3H3,(H,35,36)/t29-/m0/s1. The van der Waals surface area contributed by atoms with E-state index in [1.54, 1.807) is 12.1 Å². The highest BCUT2D eigenvalue weighted by molar-refractivity contribution is 5.68. The lowest BCUT2D eigenvalue weighted by Crippen LogP contribution is -2.34. The highest BCUT2D eigenvalue weighted by Gasteiger charge is 2.24. The average Bonchev–Trinajstić information content (AvgIpc) is 2.90. The van der Waals surface area contributed by atoms with Gasteiger partial charge in [-0.2, -0.15) is 0 Å². The van der Waals surface area contributed by atoms with E-state index < -0.39 is 17.8 Å². The summed E-state index contributed by atoms with van der Waals surface area (Å²) in [6.07, 6.45) is 9.54. The number of carbonyl (C=O) groups is 1. The Morgan fingerprint density at radius 2 is 1.89 bits per heavy atom. The average molecular weight is 529 g/mol. The summed E-state index contributed by atoms with van der Waals surface area (Å²) in [5.41, 5.74) is 4.50. The minimum atomic E-state index is -0.907. The van der Waals surface area contributed by atoms with Crippen molar-refractivity contribution < 1.29 is 23.8 Å². The van der Waals surface area contributed by atoms with Crippen LogP contribution in [0.1, 0.15) is 87.3 Å². The van der Waals surface area contributed by atoms with Crippen LogP contribution < -0.4 is 4.74 Å². The van der Waals surface area contributed by atoms with Crippen LogP contribution in [0.4, 0.5) is 4.39 Å². The van der Waals surface area contributed by atoms with Gasteiger partial charge in [0.2, 0.25) is 0 Å². The Kier molecular flexibility index (Phi) is 12.5. The highest BCUT2D eigenvalue weighted by atomic mass is 19.1. The smallest absolute Gasteiger partial charge is 0.305 e. The van der Waals surface area contributed by atoms with Gasteiger partial charge in [0.1, 0.15) is 0 Å². The number of hydrogen-bond acceptors (Lipinski definition) is 5. The van der Waals surface area contributed by atoms with Gasteiger partial charge >= 0.3 is 5.97 Å². The molecule has 1 aromatic carbocycles. The van der Waals surface area contributed by atoms with E-state index in [2.05, 4.69) is 30.9 Å². The Morgan fingerprint density at radius 3 is 2.63 bits per heavy atom. The van der Waals surface area contributed by atoms with E-state index in [0.29, 0.717) is 31.2 Å². The number of benzene rings is 1. The van der Waals surface area contributed by atoms with Crippen molar-refractivity contribution >= 4 is 5.97 Å². The van der Waals surface area contributed by atoms with Crippen LogP contribution >= 0.6 is 0 Å². The molecule has 1 aliphatic carbocycles. The SMILES string of the molecule is COc1ccc([C@H](CC(=O)O)N(CCCCCc2ccc3c(n2)CCCC3)CCOCCC(C)C)cc1F. The molecule has 1 aliphatic rings. The van der Waals surface area contributed by atoms with Crippen molar-refractivity contribution in [1.82, 2.24) is 9.88 Å². The van der Waals surface area contributed by atoms with Gasteiger partial charge in [0.15, 0.2) is 11.6 Å². The first-order valence-electron chi connectivity index (χ1n) is 14.2. The Balaban J connectivity index is 1.61. The van der Waals surface area contributed by atoms with Crippen LogP contribution in [0.2, 0.25) is 0 Å². The van der Waals surface area contributed by atoms with E-state index in [1.165, 1.54) is 43.0 Å². The molecule has 0 spiro atoms. The highest BCUT2D eigenvalue weighted by Crippen LogP contribution is 2.29. The number of aryl methyl sites for hydroxylation is 3. The molecule has 210 valence electrons. The van der Waals surface area contributed by atoms with Gasteiger partial charge in [0.25, 0.3) is 0 Å². The molecule has 0 saturated heterocycles. The van der Waals surface area contributed by atoms with E-state index >= 15 is 0 Å². The third kappa shape index (κ3) is 9.66. The Morgan fingerprint density at radius 1 is 1.08 bits per heavy atom. The molecular weight excluding hydrogens is 483 g/mol. The molecular formula is C31H45FN2O4. The Hall–Kier alpha value is -2.51. The second-order valence-electron chi connectivity index (χ2n) is 10.8. The van der Waals surface area contributed by atoms with E-state index in [4.69, 9.17) is 14.5 Å². The minimum absolute atomic E-state index is 0.100. The third-order valence-corrected chi connectivity index (χ3v) is 7.35. The fourth-order valence-corrected chi connectivity index (χ4v) is 5.10. The summed E-state index contributed by atoms with van der Waals surface area (Å²) in [5.74, 6) is -0.665. The van der Waals surface area contributed by atoms with Gasteiger partial charge < -0.3 is 14.6 Å². The molecule has 6 nitrogen and oxygen atoms in total. The van der Waals surface area contributed by atoms with Crippen LogP contribution in [0.15, 0.2) is 30.3 Å². The van der Waals surface area contributed by atoms with Crippen molar-refractivity contribution in [2.24, 2.45) is 5.92 Å². The van der Waals surface area contributed by atoms with E-state index in [0.717, 1.165) is 51.5 Å². The number of pyridine rings is 1. The zero-order chi connectivity index (χ0) is 27.3. The zero-order valence-corrected chi connectivity index (χ0v) is 23.4. The molecule has 0 saturated carbocycles. The Bertz CT molecular complexity index is 1010. The fourth-order valence-electron chi connectivity index (χ4n) is 5.10. The van der Waals surface area contributed by atoms with E-state index in [1.807, 2.05) is 0 Å². The molecule has 0 aliphatic heterocycles. The number of aromatic nitrogens is 1. The summed E-state index contributed by atoms with van der Waals surface area (Å²) in [6.45, 7) is 6.83. The number of methoxy groups -OCH3 is 1. The van der Waals surface area contributed by atoms with Crippen molar-refractivity contribution in [3.8, 4) is 5.75 Å². The summed E-state index contributed by atoms with van der Waals surface area (Å²) in [5, 5.41) is 9.67. The lowest BCUT2D eigenvalue weighted by molar-refractivity contribution is -0.138. The lowest BCUT2D eigenvalue weighted by Gasteiger charge is -2.31. The summed E-state index contributed by atoms with van der Waals surface area (Å²) in [4.78, 5) is 18.8. The van der Waals surface area contributed by atoms with Gasteiger partial charge in [-0.25, -0.2) is 4.39 Å². The molecule has 1 N–H and O–H groups in total. The second kappa shape index (κ2) is 15.8. The number of unbranched alkanes of at least 4 members (excludes halogenated alkanes) is 2. The first-order chi connectivity index (χ1) is 18.4. The molecule has 7 heteroatoms. The van der Waals surface area contributed by atoms with Gasteiger partial charge in [-0.05, 0) is 93.2 Å². The largest absolute Gasteiger partial charge is 0.494 e. The maximum Gasteiger partial charge on any atom is 0.305 e. The van der Waals surface area contributed by atoms with Crippen molar-refractivity contribution in [3.63, 3.8) is 0 Å². The number of aliphatic carboxylic acids is 1. The summed E-state index contributed by atoms with van der Waals surface area (Å²) in [6, 6.07) is 8.73. The first-order valence-corrected chi connectivity index (χ1v) is 14.2. The minimum Gasteiger partial charge on any atom is -0.494 e. The summed E-state index contributed by atoms with van der Waals surface area (Å²) in [7, 11) is 1.42. The molecule has 3 rings (SSSR count). The van der Waals surface area contributed by atoms with E-state index in [9.17, 15) is 14.3 Å². The predicted octanol–water partition coefficient (Wildman–Crippen LogP) is 6.40. The van der Waals surface area contributed by atoms with Crippen LogP contribution in [0, 0.1) is 11.7 Å². The quantitative estimate of drug-likeness (QED) is 0.240. The summed E-state index contributed by atoms with van der Waals surface area (Å²) >= 11 is 0. The normalized spacial score (nSPS) is 14.1. The number of nitrogens with zero attached hydrogens (tertiary/aromatic N) is 2. The van der Waals surface area contributed by atoms with Gasteiger partial charge in [0, 0.05) is 30.6 Å². The van der Waals surface area contributed by atoms with E-state index in [-0.39, 0.29) is 12.2 Å². The maximum absolute atomic E-state index is 14.5. The maximum atomic E-state index is 14.5. The third-order valence-electron chi connectivity index (χ3n) is 7.35. The van der Waals surface area contributed by atoms with Crippen LogP contribution in [0.25, 0.3) is 0 Å². The van der Waals surface area contributed by atoms with Gasteiger partial charge in [-0.3, -0.25) is 14.7 Å². The molecule has 0 radical (unpaired) electrons. The molecule has 0 unspecified atom stereocenters. The molecule has 1 atom stereocenters. The van der Waals surface area contributed by atoms with Gasteiger partial charge in [-0.15, -0.1) is 0 Å². The Labute approximate surface area is 227 Å². The number of carboxylic acids is 1. The van der Waals surface area contributed by atoms with Crippen molar-refractivity contribution in [2.75, 3.05) is 33.4 Å².